The number of thiocarbonyl (C=S) groups is 1. The van der Waals surface area contributed by atoms with Gasteiger partial charge in [-0.1, -0.05) is 12.2 Å². The standard InChI is InChI=1S/C11H9F3N4S/c1-6-16-4-5-18(6)10-7(9(15)19)2-3-8(17-10)11(12,13)14/h2-5H,1H3,(H2,15,19). The second-order valence-electron chi connectivity index (χ2n) is 3.77. The van der Waals surface area contributed by atoms with Crippen molar-refractivity contribution >= 4 is 17.2 Å². The number of hydrogen-bond acceptors (Lipinski definition) is 3. The van der Waals surface area contributed by atoms with Crippen molar-refractivity contribution in [1.82, 2.24) is 14.5 Å². The van der Waals surface area contributed by atoms with E-state index in [4.69, 9.17) is 18.0 Å². The van der Waals surface area contributed by atoms with Gasteiger partial charge in [0.15, 0.2) is 0 Å². The minimum atomic E-state index is -4.53. The van der Waals surface area contributed by atoms with Gasteiger partial charge in [0, 0.05) is 12.4 Å². The summed E-state index contributed by atoms with van der Waals surface area (Å²) >= 11 is 4.83. The Labute approximate surface area is 112 Å². The highest BCUT2D eigenvalue weighted by atomic mass is 32.1. The highest BCUT2D eigenvalue weighted by molar-refractivity contribution is 7.80. The summed E-state index contributed by atoms with van der Waals surface area (Å²) in [6, 6.07) is 2.07. The average molecular weight is 286 g/mol. The summed E-state index contributed by atoms with van der Waals surface area (Å²) in [7, 11) is 0. The third-order valence-corrected chi connectivity index (χ3v) is 2.70. The van der Waals surface area contributed by atoms with Crippen LogP contribution < -0.4 is 5.73 Å². The number of alkyl halides is 3. The number of rotatable bonds is 2. The van der Waals surface area contributed by atoms with Gasteiger partial charge >= 0.3 is 6.18 Å². The maximum absolute atomic E-state index is 12.7. The summed E-state index contributed by atoms with van der Waals surface area (Å²) in [5, 5.41) is 0. The summed E-state index contributed by atoms with van der Waals surface area (Å²) in [6.07, 6.45) is -1.57. The van der Waals surface area contributed by atoms with Crippen LogP contribution in [0.5, 0.6) is 0 Å². The molecule has 2 rings (SSSR count). The first-order valence-corrected chi connectivity index (χ1v) is 5.60. The van der Waals surface area contributed by atoms with Crippen molar-refractivity contribution in [2.75, 3.05) is 0 Å². The molecule has 0 spiro atoms. The minimum Gasteiger partial charge on any atom is -0.389 e. The molecule has 0 bridgehead atoms. The van der Waals surface area contributed by atoms with Gasteiger partial charge in [-0.15, -0.1) is 0 Å². The first kappa shape index (κ1) is 13.5. The highest BCUT2D eigenvalue weighted by Gasteiger charge is 2.33. The molecule has 0 aliphatic heterocycles. The van der Waals surface area contributed by atoms with Crippen molar-refractivity contribution in [2.45, 2.75) is 13.1 Å². The van der Waals surface area contributed by atoms with Crippen LogP contribution >= 0.6 is 12.2 Å². The molecule has 2 aromatic heterocycles. The molecule has 4 nitrogen and oxygen atoms in total. The van der Waals surface area contributed by atoms with Crippen LogP contribution in [0, 0.1) is 6.92 Å². The third-order valence-electron chi connectivity index (χ3n) is 2.48. The van der Waals surface area contributed by atoms with E-state index in [0.29, 0.717) is 5.82 Å². The van der Waals surface area contributed by atoms with Gasteiger partial charge < -0.3 is 5.73 Å². The molecular weight excluding hydrogens is 277 g/mol. The van der Waals surface area contributed by atoms with Gasteiger partial charge in [-0.05, 0) is 19.1 Å². The van der Waals surface area contributed by atoms with Gasteiger partial charge in [0.05, 0.1) is 5.56 Å². The topological polar surface area (TPSA) is 56.7 Å². The molecule has 0 saturated heterocycles. The summed E-state index contributed by atoms with van der Waals surface area (Å²) in [5.74, 6) is 0.515. The Morgan fingerprint density at radius 1 is 1.37 bits per heavy atom. The Hall–Kier alpha value is -1.96. The minimum absolute atomic E-state index is 0.0238. The first-order chi connectivity index (χ1) is 8.80. The lowest BCUT2D eigenvalue weighted by atomic mass is 10.2. The zero-order valence-electron chi connectivity index (χ0n) is 9.77. The summed E-state index contributed by atoms with van der Waals surface area (Å²) in [4.78, 5) is 7.52. The Morgan fingerprint density at radius 2 is 2.05 bits per heavy atom. The number of aromatic nitrogens is 3. The molecule has 2 heterocycles. The van der Waals surface area contributed by atoms with Crippen LogP contribution in [0.4, 0.5) is 13.2 Å². The number of imidazole rings is 1. The fraction of sp³-hybridized carbons (Fsp3) is 0.182. The molecule has 0 aliphatic rings. The maximum atomic E-state index is 12.7. The lowest BCUT2D eigenvalue weighted by Gasteiger charge is -2.13. The fourth-order valence-electron chi connectivity index (χ4n) is 1.58. The van der Waals surface area contributed by atoms with E-state index < -0.39 is 11.9 Å². The van der Waals surface area contributed by atoms with Crippen LogP contribution in [0.3, 0.4) is 0 Å². The van der Waals surface area contributed by atoms with E-state index in [0.717, 1.165) is 6.07 Å². The van der Waals surface area contributed by atoms with E-state index in [-0.39, 0.29) is 16.4 Å². The molecule has 100 valence electrons. The molecule has 0 atom stereocenters. The smallest absolute Gasteiger partial charge is 0.389 e. The Kier molecular flexibility index (Phi) is 3.27. The lowest BCUT2D eigenvalue weighted by molar-refractivity contribution is -0.141. The quantitative estimate of drug-likeness (QED) is 0.860. The van der Waals surface area contributed by atoms with Crippen LogP contribution in [0.1, 0.15) is 17.1 Å². The molecular formula is C11H9F3N4S. The van der Waals surface area contributed by atoms with E-state index >= 15 is 0 Å². The lowest BCUT2D eigenvalue weighted by Crippen LogP contribution is -2.18. The van der Waals surface area contributed by atoms with E-state index in [1.807, 2.05) is 0 Å². The molecule has 0 amide bonds. The number of nitrogens with zero attached hydrogens (tertiary/aromatic N) is 3. The molecule has 0 saturated carbocycles. The first-order valence-electron chi connectivity index (χ1n) is 5.19. The fourth-order valence-corrected chi connectivity index (χ4v) is 1.74. The number of hydrogen-bond donors (Lipinski definition) is 1. The van der Waals surface area contributed by atoms with Crippen molar-refractivity contribution in [2.24, 2.45) is 5.73 Å². The monoisotopic (exact) mass is 286 g/mol. The molecule has 8 heteroatoms. The predicted octanol–water partition coefficient (Wildman–Crippen LogP) is 2.23. The Morgan fingerprint density at radius 3 is 2.53 bits per heavy atom. The normalized spacial score (nSPS) is 11.6. The number of aryl methyl sites for hydroxylation is 1. The highest BCUT2D eigenvalue weighted by Crippen LogP contribution is 2.29. The van der Waals surface area contributed by atoms with Crippen LogP contribution in [-0.2, 0) is 6.18 Å². The van der Waals surface area contributed by atoms with Crippen molar-refractivity contribution in [3.05, 3.63) is 41.6 Å². The van der Waals surface area contributed by atoms with E-state index in [2.05, 4.69) is 9.97 Å². The van der Waals surface area contributed by atoms with Crippen LogP contribution in [0.2, 0.25) is 0 Å². The molecule has 2 N–H and O–H groups in total. The van der Waals surface area contributed by atoms with Crippen molar-refractivity contribution in [3.8, 4) is 5.82 Å². The van der Waals surface area contributed by atoms with E-state index in [9.17, 15) is 13.2 Å². The zero-order chi connectivity index (χ0) is 14.2. The predicted molar refractivity (Wildman–Crippen MR) is 67.0 cm³/mol. The molecule has 2 aromatic rings. The van der Waals surface area contributed by atoms with Crippen LogP contribution in [-0.4, -0.2) is 19.5 Å². The summed E-state index contributed by atoms with van der Waals surface area (Å²) < 4.78 is 39.5. The van der Waals surface area contributed by atoms with Crippen LogP contribution in [0.25, 0.3) is 5.82 Å². The van der Waals surface area contributed by atoms with E-state index in [1.54, 1.807) is 6.92 Å². The van der Waals surface area contributed by atoms with Crippen molar-refractivity contribution < 1.29 is 13.2 Å². The number of pyridine rings is 1. The van der Waals surface area contributed by atoms with Gasteiger partial charge in [-0.25, -0.2) is 9.97 Å². The van der Waals surface area contributed by atoms with Crippen molar-refractivity contribution in [1.29, 1.82) is 0 Å². The number of nitrogens with two attached hydrogens (primary N) is 1. The molecule has 19 heavy (non-hydrogen) atoms. The second kappa shape index (κ2) is 4.61. The van der Waals surface area contributed by atoms with Gasteiger partial charge in [-0.2, -0.15) is 13.2 Å². The molecule has 0 radical (unpaired) electrons. The second-order valence-corrected chi connectivity index (χ2v) is 4.21. The molecule has 0 unspecified atom stereocenters. The summed E-state index contributed by atoms with van der Waals surface area (Å²) in [6.45, 7) is 1.64. The average Bonchev–Trinajstić information content (AvgIpc) is 2.73. The number of halogens is 3. The van der Waals surface area contributed by atoms with E-state index in [1.165, 1.54) is 23.0 Å². The maximum Gasteiger partial charge on any atom is 0.433 e. The summed E-state index contributed by atoms with van der Waals surface area (Å²) in [5.41, 5.74) is 4.77. The van der Waals surface area contributed by atoms with Crippen molar-refractivity contribution in [3.63, 3.8) is 0 Å². The molecule has 0 aromatic carbocycles. The molecule has 0 fully saturated rings. The van der Waals surface area contributed by atoms with Crippen LogP contribution in [0.15, 0.2) is 24.5 Å². The van der Waals surface area contributed by atoms with Gasteiger partial charge in [-0.3, -0.25) is 4.57 Å². The Balaban J connectivity index is 2.68. The SMILES string of the molecule is Cc1nccn1-c1nc(C(F)(F)F)ccc1C(N)=S. The van der Waals surface area contributed by atoms with Gasteiger partial charge in [0.1, 0.15) is 22.3 Å². The Bertz CT molecular complexity index is 633. The third kappa shape index (κ3) is 2.58. The van der Waals surface area contributed by atoms with Gasteiger partial charge in [0.25, 0.3) is 0 Å². The zero-order valence-corrected chi connectivity index (χ0v) is 10.6. The van der Waals surface area contributed by atoms with Gasteiger partial charge in [0.2, 0.25) is 0 Å². The largest absolute Gasteiger partial charge is 0.433 e. The molecule has 0 aliphatic carbocycles.